The number of benzene rings is 1. The molecule has 1 N–H and O–H groups in total. The maximum absolute atomic E-state index is 12.7. The molecule has 2 rings (SSSR count). The van der Waals surface area contributed by atoms with Gasteiger partial charge in [-0.1, -0.05) is 0 Å². The Bertz CT molecular complexity index is 495. The lowest BCUT2D eigenvalue weighted by molar-refractivity contribution is -0.138. The summed E-state index contributed by atoms with van der Waals surface area (Å²) in [5, 5.41) is 8.94. The average Bonchev–Trinajstić information content (AvgIpc) is 3.13. The Balaban J connectivity index is 2.44. The van der Waals surface area contributed by atoms with Crippen molar-refractivity contribution in [2.24, 2.45) is 0 Å². The van der Waals surface area contributed by atoms with Crippen LogP contribution in [0.4, 0.5) is 18.9 Å². The second kappa shape index (κ2) is 4.75. The van der Waals surface area contributed by atoms with E-state index in [1.165, 1.54) is 6.07 Å². The lowest BCUT2D eigenvalue weighted by Crippen LogP contribution is -2.25. The van der Waals surface area contributed by atoms with Crippen LogP contribution in [0.2, 0.25) is 0 Å². The summed E-state index contributed by atoms with van der Waals surface area (Å²) in [6.45, 7) is 2.55. The van der Waals surface area contributed by atoms with Crippen LogP contribution in [0.3, 0.4) is 0 Å². The first kappa shape index (κ1) is 13.7. The summed E-state index contributed by atoms with van der Waals surface area (Å²) < 4.78 is 38.2. The number of aromatic carboxylic acids is 1. The Hall–Kier alpha value is -1.72. The summed E-state index contributed by atoms with van der Waals surface area (Å²) in [4.78, 5) is 12.9. The number of halogens is 3. The fraction of sp³-hybridized carbons (Fsp3) is 0.462. The highest BCUT2D eigenvalue weighted by atomic mass is 19.4. The average molecular weight is 273 g/mol. The minimum absolute atomic E-state index is 0.323. The summed E-state index contributed by atoms with van der Waals surface area (Å²) in [6, 6.07) is 3.64. The van der Waals surface area contributed by atoms with Gasteiger partial charge in [-0.3, -0.25) is 0 Å². The van der Waals surface area contributed by atoms with Crippen LogP contribution in [0.5, 0.6) is 0 Å². The molecule has 0 saturated heterocycles. The summed E-state index contributed by atoms with van der Waals surface area (Å²) >= 11 is 0. The third-order valence-corrected chi connectivity index (χ3v) is 3.20. The molecule has 0 aromatic heterocycles. The molecular formula is C13H14F3NO2. The number of anilines is 1. The van der Waals surface area contributed by atoms with Crippen molar-refractivity contribution in [1.82, 2.24) is 0 Å². The molecule has 0 atom stereocenters. The summed E-state index contributed by atoms with van der Waals surface area (Å²) in [5.74, 6) is -1.55. The van der Waals surface area contributed by atoms with E-state index in [2.05, 4.69) is 0 Å². The van der Waals surface area contributed by atoms with E-state index in [9.17, 15) is 18.0 Å². The van der Waals surface area contributed by atoms with Gasteiger partial charge in [0.05, 0.1) is 11.1 Å². The Morgan fingerprint density at radius 1 is 1.42 bits per heavy atom. The fourth-order valence-electron chi connectivity index (χ4n) is 2.17. The first-order valence-electron chi connectivity index (χ1n) is 6.05. The predicted octanol–water partition coefficient (Wildman–Crippen LogP) is 3.39. The standard InChI is InChI=1S/C13H14F3NO2/c1-2-17(8-3-4-8)9-5-6-11(13(14,15)16)10(7-9)12(18)19/h5-8H,2-4H2,1H3,(H,18,19). The van der Waals surface area contributed by atoms with Gasteiger partial charge in [0.25, 0.3) is 0 Å². The van der Waals surface area contributed by atoms with Crippen molar-refractivity contribution in [3.8, 4) is 0 Å². The molecule has 19 heavy (non-hydrogen) atoms. The van der Waals surface area contributed by atoms with Crippen LogP contribution in [0.15, 0.2) is 18.2 Å². The fourth-order valence-corrected chi connectivity index (χ4v) is 2.17. The Labute approximate surface area is 108 Å². The van der Waals surface area contributed by atoms with Crippen LogP contribution >= 0.6 is 0 Å². The van der Waals surface area contributed by atoms with Crippen molar-refractivity contribution in [2.45, 2.75) is 32.0 Å². The maximum atomic E-state index is 12.7. The zero-order chi connectivity index (χ0) is 14.2. The highest BCUT2D eigenvalue weighted by molar-refractivity contribution is 5.91. The van der Waals surface area contributed by atoms with Gasteiger partial charge in [-0.05, 0) is 38.0 Å². The Morgan fingerprint density at radius 2 is 2.05 bits per heavy atom. The molecule has 0 bridgehead atoms. The molecule has 0 amide bonds. The summed E-state index contributed by atoms with van der Waals surface area (Å²) in [6.07, 6.45) is -2.66. The van der Waals surface area contributed by atoms with Crippen molar-refractivity contribution in [3.05, 3.63) is 29.3 Å². The first-order chi connectivity index (χ1) is 8.84. The minimum Gasteiger partial charge on any atom is -0.478 e. The molecule has 0 unspecified atom stereocenters. The molecule has 1 fully saturated rings. The number of hydrogen-bond acceptors (Lipinski definition) is 2. The molecule has 3 nitrogen and oxygen atoms in total. The molecule has 1 aromatic rings. The van der Waals surface area contributed by atoms with Crippen LogP contribution in [-0.2, 0) is 6.18 Å². The van der Waals surface area contributed by atoms with E-state index in [4.69, 9.17) is 5.11 Å². The van der Waals surface area contributed by atoms with E-state index in [1.54, 1.807) is 0 Å². The molecule has 0 heterocycles. The van der Waals surface area contributed by atoms with Gasteiger partial charge in [-0.2, -0.15) is 13.2 Å². The Kier molecular flexibility index (Phi) is 3.43. The molecule has 0 aliphatic heterocycles. The van der Waals surface area contributed by atoms with E-state index in [-0.39, 0.29) is 0 Å². The number of hydrogen-bond donors (Lipinski definition) is 1. The van der Waals surface area contributed by atoms with E-state index >= 15 is 0 Å². The number of carboxylic acid groups (broad SMARTS) is 1. The topological polar surface area (TPSA) is 40.5 Å². The smallest absolute Gasteiger partial charge is 0.417 e. The van der Waals surface area contributed by atoms with Crippen LogP contribution in [0.1, 0.15) is 35.7 Å². The van der Waals surface area contributed by atoms with Gasteiger partial charge in [-0.25, -0.2) is 4.79 Å². The minimum atomic E-state index is -4.65. The summed E-state index contributed by atoms with van der Waals surface area (Å²) in [5.41, 5.74) is -1.25. The van der Waals surface area contributed by atoms with Crippen molar-refractivity contribution < 1.29 is 23.1 Å². The zero-order valence-corrected chi connectivity index (χ0v) is 10.4. The molecular weight excluding hydrogens is 259 g/mol. The number of nitrogens with zero attached hydrogens (tertiary/aromatic N) is 1. The van der Waals surface area contributed by atoms with Crippen molar-refractivity contribution in [2.75, 3.05) is 11.4 Å². The molecule has 1 saturated carbocycles. The summed E-state index contributed by atoms with van der Waals surface area (Å²) in [7, 11) is 0. The molecule has 6 heteroatoms. The molecule has 0 spiro atoms. The molecule has 0 radical (unpaired) electrons. The third kappa shape index (κ3) is 2.83. The van der Waals surface area contributed by atoms with Gasteiger partial charge < -0.3 is 10.0 Å². The monoisotopic (exact) mass is 273 g/mol. The van der Waals surface area contributed by atoms with E-state index in [0.717, 1.165) is 25.0 Å². The van der Waals surface area contributed by atoms with Crippen molar-refractivity contribution in [3.63, 3.8) is 0 Å². The maximum Gasteiger partial charge on any atom is 0.417 e. The van der Waals surface area contributed by atoms with E-state index in [0.29, 0.717) is 18.3 Å². The largest absolute Gasteiger partial charge is 0.478 e. The quantitative estimate of drug-likeness (QED) is 0.914. The lowest BCUT2D eigenvalue weighted by Gasteiger charge is -2.24. The van der Waals surface area contributed by atoms with Crippen molar-refractivity contribution >= 4 is 11.7 Å². The van der Waals surface area contributed by atoms with Crippen molar-refractivity contribution in [1.29, 1.82) is 0 Å². The number of carboxylic acids is 1. The first-order valence-corrected chi connectivity index (χ1v) is 6.05. The van der Waals surface area contributed by atoms with E-state index < -0.39 is 23.3 Å². The molecule has 104 valence electrons. The SMILES string of the molecule is CCN(c1ccc(C(F)(F)F)c(C(=O)O)c1)C1CC1. The number of carbonyl (C=O) groups is 1. The van der Waals surface area contributed by atoms with Gasteiger partial charge in [0, 0.05) is 18.3 Å². The van der Waals surface area contributed by atoms with Crippen LogP contribution in [-0.4, -0.2) is 23.7 Å². The van der Waals surface area contributed by atoms with Gasteiger partial charge in [0.15, 0.2) is 0 Å². The highest BCUT2D eigenvalue weighted by Crippen LogP contribution is 2.36. The van der Waals surface area contributed by atoms with Gasteiger partial charge >= 0.3 is 12.1 Å². The second-order valence-corrected chi connectivity index (χ2v) is 4.55. The lowest BCUT2D eigenvalue weighted by atomic mass is 10.1. The number of alkyl halides is 3. The van der Waals surface area contributed by atoms with Crippen LogP contribution < -0.4 is 4.90 Å². The predicted molar refractivity (Wildman–Crippen MR) is 64.4 cm³/mol. The molecule has 1 aliphatic carbocycles. The van der Waals surface area contributed by atoms with Crippen LogP contribution in [0.25, 0.3) is 0 Å². The van der Waals surface area contributed by atoms with E-state index in [1.807, 2.05) is 11.8 Å². The normalized spacial score (nSPS) is 15.4. The molecule has 1 aliphatic rings. The highest BCUT2D eigenvalue weighted by Gasteiger charge is 2.36. The zero-order valence-electron chi connectivity index (χ0n) is 10.4. The third-order valence-electron chi connectivity index (χ3n) is 3.20. The molecule has 1 aromatic carbocycles. The van der Waals surface area contributed by atoms with Gasteiger partial charge in [-0.15, -0.1) is 0 Å². The second-order valence-electron chi connectivity index (χ2n) is 4.55. The van der Waals surface area contributed by atoms with Crippen LogP contribution in [0, 0.1) is 0 Å². The van der Waals surface area contributed by atoms with Gasteiger partial charge in [0.1, 0.15) is 0 Å². The number of rotatable bonds is 4. The van der Waals surface area contributed by atoms with Gasteiger partial charge in [0.2, 0.25) is 0 Å². The Morgan fingerprint density at radius 3 is 2.47 bits per heavy atom.